The van der Waals surface area contributed by atoms with Crippen molar-refractivity contribution in [1.29, 1.82) is 0 Å². The Hall–Kier alpha value is -2.31. The van der Waals surface area contributed by atoms with Crippen molar-refractivity contribution in [3.63, 3.8) is 0 Å². The molecular weight excluding hydrogens is 368 g/mol. The summed E-state index contributed by atoms with van der Waals surface area (Å²) >= 11 is 1.73. The van der Waals surface area contributed by atoms with Crippen LogP contribution in [0, 0.1) is 0 Å². The van der Waals surface area contributed by atoms with Gasteiger partial charge in [-0.1, -0.05) is 42.1 Å². The number of thioether (sulfide) groups is 1. The molecule has 1 aliphatic rings. The van der Waals surface area contributed by atoms with Gasteiger partial charge in [-0.15, -0.1) is 10.2 Å². The third kappa shape index (κ3) is 4.23. The maximum Gasteiger partial charge on any atom is 0.196 e. The predicted octanol–water partition coefficient (Wildman–Crippen LogP) is 4.73. The average molecular weight is 395 g/mol. The van der Waals surface area contributed by atoms with Gasteiger partial charge in [-0.3, -0.25) is 9.47 Å². The number of methoxy groups -OCH3 is 1. The molecule has 3 aromatic rings. The molecule has 5 nitrogen and oxygen atoms in total. The number of para-hydroxylation sites is 1. The number of ether oxygens (including phenoxy) is 1. The quantitative estimate of drug-likeness (QED) is 0.542. The summed E-state index contributed by atoms with van der Waals surface area (Å²) < 4.78 is 7.59. The highest BCUT2D eigenvalue weighted by atomic mass is 32.2. The van der Waals surface area contributed by atoms with Gasteiger partial charge < -0.3 is 4.74 Å². The monoisotopic (exact) mass is 394 g/mol. The fraction of sp³-hybridized carbons (Fsp3) is 0.364. The molecule has 0 bridgehead atoms. The van der Waals surface area contributed by atoms with E-state index in [1.807, 2.05) is 18.2 Å². The molecule has 1 saturated heterocycles. The number of rotatable bonds is 7. The van der Waals surface area contributed by atoms with Crippen LogP contribution in [0.1, 0.15) is 36.4 Å². The summed E-state index contributed by atoms with van der Waals surface area (Å²) in [5.41, 5.74) is 2.33. The first-order chi connectivity index (χ1) is 13.7. The van der Waals surface area contributed by atoms with Crippen LogP contribution in [0.4, 0.5) is 0 Å². The molecule has 0 N–H and O–H groups in total. The van der Waals surface area contributed by atoms with E-state index in [1.165, 1.54) is 18.4 Å². The average Bonchev–Trinajstić information content (AvgIpc) is 3.39. The molecule has 1 atom stereocenters. The van der Waals surface area contributed by atoms with Crippen molar-refractivity contribution in [3.05, 3.63) is 66.0 Å². The molecule has 1 aromatic heterocycles. The molecule has 1 aliphatic heterocycles. The summed E-state index contributed by atoms with van der Waals surface area (Å²) in [7, 11) is 1.70. The van der Waals surface area contributed by atoms with Gasteiger partial charge in [0.25, 0.3) is 0 Å². The van der Waals surface area contributed by atoms with Crippen LogP contribution in [0.3, 0.4) is 0 Å². The second kappa shape index (κ2) is 8.80. The zero-order valence-electron chi connectivity index (χ0n) is 16.4. The van der Waals surface area contributed by atoms with Crippen LogP contribution in [-0.2, 0) is 6.54 Å². The van der Waals surface area contributed by atoms with Crippen molar-refractivity contribution in [3.8, 4) is 11.4 Å². The van der Waals surface area contributed by atoms with Crippen LogP contribution in [-0.4, -0.2) is 39.9 Å². The zero-order valence-corrected chi connectivity index (χ0v) is 17.2. The van der Waals surface area contributed by atoms with Crippen LogP contribution in [0.5, 0.6) is 5.75 Å². The molecular formula is C22H26N4OS. The molecule has 0 radical (unpaired) electrons. The summed E-state index contributed by atoms with van der Waals surface area (Å²) in [4.78, 5) is 2.46. The largest absolute Gasteiger partial charge is 0.497 e. The van der Waals surface area contributed by atoms with Gasteiger partial charge >= 0.3 is 0 Å². The third-order valence-corrected chi connectivity index (χ3v) is 6.22. The summed E-state index contributed by atoms with van der Waals surface area (Å²) in [5.74, 6) is 1.89. The fourth-order valence-electron chi connectivity index (χ4n) is 3.58. The lowest BCUT2D eigenvalue weighted by atomic mass is 10.1. The van der Waals surface area contributed by atoms with Gasteiger partial charge in [0.1, 0.15) is 5.75 Å². The Kier molecular flexibility index (Phi) is 5.98. The molecule has 4 rings (SSSR count). The van der Waals surface area contributed by atoms with E-state index in [0.29, 0.717) is 0 Å². The first kappa shape index (κ1) is 19.0. The highest BCUT2D eigenvalue weighted by Crippen LogP contribution is 2.36. The van der Waals surface area contributed by atoms with E-state index in [9.17, 15) is 0 Å². The van der Waals surface area contributed by atoms with Crippen molar-refractivity contribution in [2.75, 3.05) is 20.2 Å². The lowest BCUT2D eigenvalue weighted by Gasteiger charge is -2.17. The molecule has 28 heavy (non-hydrogen) atoms. The Morgan fingerprint density at radius 3 is 2.57 bits per heavy atom. The van der Waals surface area contributed by atoms with E-state index in [-0.39, 0.29) is 5.25 Å². The molecule has 146 valence electrons. The number of hydrogen-bond acceptors (Lipinski definition) is 5. The Labute approximate surface area is 170 Å². The van der Waals surface area contributed by atoms with Gasteiger partial charge in [-0.2, -0.15) is 0 Å². The van der Waals surface area contributed by atoms with E-state index in [1.54, 1.807) is 18.9 Å². The second-order valence-corrected chi connectivity index (χ2v) is 8.40. The van der Waals surface area contributed by atoms with Crippen molar-refractivity contribution >= 4 is 11.8 Å². The van der Waals surface area contributed by atoms with Gasteiger partial charge in [0.05, 0.1) is 13.7 Å². The molecule has 1 fully saturated rings. The predicted molar refractivity (Wildman–Crippen MR) is 113 cm³/mol. The number of aromatic nitrogens is 3. The molecule has 0 spiro atoms. The fourth-order valence-corrected chi connectivity index (χ4v) is 4.58. The SMILES string of the molecule is COc1cccc(C(C)Sc2nnc(CN3CCCC3)n2-c2ccccc2)c1. The Balaban J connectivity index is 1.63. The molecule has 0 aliphatic carbocycles. The standard InChI is InChI=1S/C22H26N4OS/c1-17(18-9-8-12-20(15-18)27-2)28-22-24-23-21(16-25-13-6-7-14-25)26(22)19-10-4-3-5-11-19/h3-5,8-12,15,17H,6-7,13-14,16H2,1-2H3. The zero-order chi connectivity index (χ0) is 19.3. The van der Waals surface area contributed by atoms with Crippen LogP contribution in [0.2, 0.25) is 0 Å². The lowest BCUT2D eigenvalue weighted by Crippen LogP contribution is -2.21. The van der Waals surface area contributed by atoms with Crippen molar-refractivity contribution in [1.82, 2.24) is 19.7 Å². The van der Waals surface area contributed by atoms with E-state index in [0.717, 1.165) is 42.1 Å². The third-order valence-electron chi connectivity index (χ3n) is 5.12. The van der Waals surface area contributed by atoms with Crippen molar-refractivity contribution in [2.24, 2.45) is 0 Å². The van der Waals surface area contributed by atoms with Crippen LogP contribution in [0.25, 0.3) is 5.69 Å². The van der Waals surface area contributed by atoms with E-state index in [2.05, 4.69) is 63.0 Å². The minimum atomic E-state index is 0.237. The van der Waals surface area contributed by atoms with E-state index >= 15 is 0 Å². The highest BCUT2D eigenvalue weighted by molar-refractivity contribution is 7.99. The van der Waals surface area contributed by atoms with Gasteiger partial charge in [0.15, 0.2) is 11.0 Å². The molecule has 2 heterocycles. The minimum absolute atomic E-state index is 0.237. The number of benzene rings is 2. The Morgan fingerprint density at radius 1 is 1.04 bits per heavy atom. The first-order valence-corrected chi connectivity index (χ1v) is 10.7. The van der Waals surface area contributed by atoms with Gasteiger partial charge in [-0.05, 0) is 62.7 Å². The number of nitrogens with zero attached hydrogens (tertiary/aromatic N) is 4. The summed E-state index contributed by atoms with van der Waals surface area (Å²) in [6.07, 6.45) is 2.54. The van der Waals surface area contributed by atoms with Crippen LogP contribution < -0.4 is 4.74 Å². The maximum atomic E-state index is 5.38. The van der Waals surface area contributed by atoms with Crippen molar-refractivity contribution in [2.45, 2.75) is 36.7 Å². The smallest absolute Gasteiger partial charge is 0.196 e. The normalized spacial score (nSPS) is 15.6. The van der Waals surface area contributed by atoms with Crippen LogP contribution >= 0.6 is 11.8 Å². The number of likely N-dealkylation sites (tertiary alicyclic amines) is 1. The Morgan fingerprint density at radius 2 is 1.82 bits per heavy atom. The summed E-state index contributed by atoms with van der Waals surface area (Å²) in [6, 6.07) is 18.6. The molecule has 0 amide bonds. The second-order valence-electron chi connectivity index (χ2n) is 7.09. The van der Waals surface area contributed by atoms with Gasteiger partial charge in [0, 0.05) is 10.9 Å². The molecule has 2 aromatic carbocycles. The summed E-state index contributed by atoms with van der Waals surface area (Å²) in [6.45, 7) is 5.33. The first-order valence-electron chi connectivity index (χ1n) is 9.77. The van der Waals surface area contributed by atoms with Crippen LogP contribution in [0.15, 0.2) is 59.8 Å². The van der Waals surface area contributed by atoms with E-state index in [4.69, 9.17) is 4.74 Å². The van der Waals surface area contributed by atoms with Gasteiger partial charge in [-0.25, -0.2) is 0 Å². The van der Waals surface area contributed by atoms with Gasteiger partial charge in [0.2, 0.25) is 0 Å². The topological polar surface area (TPSA) is 43.2 Å². The molecule has 1 unspecified atom stereocenters. The lowest BCUT2D eigenvalue weighted by molar-refractivity contribution is 0.319. The molecule has 0 saturated carbocycles. The van der Waals surface area contributed by atoms with E-state index < -0.39 is 0 Å². The number of hydrogen-bond donors (Lipinski definition) is 0. The maximum absolute atomic E-state index is 5.38. The molecule has 6 heteroatoms. The highest BCUT2D eigenvalue weighted by Gasteiger charge is 2.21. The Bertz CT molecular complexity index is 906. The van der Waals surface area contributed by atoms with Crippen molar-refractivity contribution < 1.29 is 4.74 Å². The summed E-state index contributed by atoms with van der Waals surface area (Å²) in [5, 5.41) is 10.3. The minimum Gasteiger partial charge on any atom is -0.497 e.